The van der Waals surface area contributed by atoms with Gasteiger partial charge in [0.2, 0.25) is 5.91 Å². The maximum atomic E-state index is 11.8. The zero-order valence-corrected chi connectivity index (χ0v) is 10.6. The van der Waals surface area contributed by atoms with Crippen LogP contribution in [0.2, 0.25) is 0 Å². The van der Waals surface area contributed by atoms with Crippen molar-refractivity contribution in [3.05, 3.63) is 0 Å². The number of rotatable bonds is 5. The Bertz CT molecular complexity index is 231. The molecule has 0 aromatic rings. The molecule has 94 valence electrons. The number of nitrogens with zero attached hydrogens (tertiary/aromatic N) is 1. The van der Waals surface area contributed by atoms with E-state index in [1.54, 1.807) is 0 Å². The van der Waals surface area contributed by atoms with Gasteiger partial charge in [0.1, 0.15) is 0 Å². The lowest BCUT2D eigenvalue weighted by Gasteiger charge is -2.24. The topological polar surface area (TPSA) is 52.6 Å². The maximum absolute atomic E-state index is 11.8. The summed E-state index contributed by atoms with van der Waals surface area (Å²) in [6.07, 6.45) is 1.95. The molecule has 1 amide bonds. The third kappa shape index (κ3) is 3.76. The second-order valence-corrected chi connectivity index (χ2v) is 5.00. The Kier molecular flexibility index (Phi) is 5.22. The number of carbonyl (C=O) groups is 1. The minimum Gasteiger partial charge on any atom is -0.396 e. The highest BCUT2D eigenvalue weighted by Crippen LogP contribution is 2.21. The van der Waals surface area contributed by atoms with Gasteiger partial charge in [-0.2, -0.15) is 0 Å². The van der Waals surface area contributed by atoms with Gasteiger partial charge in [-0.25, -0.2) is 0 Å². The molecule has 0 aromatic carbocycles. The van der Waals surface area contributed by atoms with Gasteiger partial charge >= 0.3 is 0 Å². The molecule has 1 heterocycles. The zero-order chi connectivity index (χ0) is 12.1. The third-order valence-corrected chi connectivity index (χ3v) is 3.21. The molecule has 0 aliphatic carbocycles. The summed E-state index contributed by atoms with van der Waals surface area (Å²) in [6, 6.07) is 0.150. The number of carbonyl (C=O) groups excluding carboxylic acids is 1. The first-order valence-corrected chi connectivity index (χ1v) is 6.20. The van der Waals surface area contributed by atoms with Crippen LogP contribution in [0.5, 0.6) is 0 Å². The van der Waals surface area contributed by atoms with Crippen LogP contribution in [0, 0.1) is 5.92 Å². The molecule has 0 bridgehead atoms. The van der Waals surface area contributed by atoms with Crippen LogP contribution >= 0.6 is 0 Å². The summed E-state index contributed by atoms with van der Waals surface area (Å²) in [4.78, 5) is 14.0. The van der Waals surface area contributed by atoms with E-state index in [2.05, 4.69) is 10.2 Å². The van der Waals surface area contributed by atoms with Gasteiger partial charge in [-0.15, -0.1) is 0 Å². The van der Waals surface area contributed by atoms with Gasteiger partial charge in [-0.1, -0.05) is 0 Å². The first-order chi connectivity index (χ1) is 7.54. The van der Waals surface area contributed by atoms with E-state index in [0.717, 1.165) is 25.9 Å². The number of nitrogens with one attached hydrogen (secondary N) is 1. The molecule has 0 saturated carbocycles. The molecule has 1 rings (SSSR count). The van der Waals surface area contributed by atoms with Gasteiger partial charge in [-0.05, 0) is 46.1 Å². The molecular weight excluding hydrogens is 204 g/mol. The Morgan fingerprint density at radius 2 is 2.19 bits per heavy atom. The minimum absolute atomic E-state index is 0.0499. The minimum atomic E-state index is -0.0499. The van der Waals surface area contributed by atoms with Gasteiger partial charge in [-0.3, -0.25) is 9.69 Å². The van der Waals surface area contributed by atoms with Crippen molar-refractivity contribution in [3.8, 4) is 0 Å². The van der Waals surface area contributed by atoms with Crippen LogP contribution in [0.15, 0.2) is 0 Å². The molecule has 16 heavy (non-hydrogen) atoms. The van der Waals surface area contributed by atoms with Crippen molar-refractivity contribution < 1.29 is 9.90 Å². The van der Waals surface area contributed by atoms with E-state index in [4.69, 9.17) is 5.11 Å². The van der Waals surface area contributed by atoms with Crippen molar-refractivity contribution in [1.29, 1.82) is 0 Å². The van der Waals surface area contributed by atoms with Gasteiger partial charge < -0.3 is 10.4 Å². The highest BCUT2D eigenvalue weighted by molar-refractivity contribution is 5.81. The van der Waals surface area contributed by atoms with Crippen molar-refractivity contribution in [2.24, 2.45) is 5.92 Å². The average Bonchev–Trinajstić information content (AvgIpc) is 2.64. The van der Waals surface area contributed by atoms with E-state index < -0.39 is 0 Å². The maximum Gasteiger partial charge on any atom is 0.237 e. The van der Waals surface area contributed by atoms with Crippen LogP contribution in [0.4, 0.5) is 0 Å². The summed E-state index contributed by atoms with van der Waals surface area (Å²) in [5, 5.41) is 11.8. The van der Waals surface area contributed by atoms with E-state index in [1.165, 1.54) is 0 Å². The SMILES string of the molecule is CC(C)NC(=O)C(C)N1CCC(CCO)C1. The first kappa shape index (κ1) is 13.5. The van der Waals surface area contributed by atoms with E-state index in [9.17, 15) is 4.79 Å². The molecule has 1 aliphatic heterocycles. The molecule has 1 aliphatic rings. The Morgan fingerprint density at radius 1 is 1.50 bits per heavy atom. The fourth-order valence-corrected chi connectivity index (χ4v) is 2.20. The van der Waals surface area contributed by atoms with Crippen LogP contribution in [0.1, 0.15) is 33.6 Å². The molecule has 4 heteroatoms. The molecule has 0 spiro atoms. The predicted octanol–water partition coefficient (Wildman–Crippen LogP) is 0.604. The summed E-state index contributed by atoms with van der Waals surface area (Å²) < 4.78 is 0. The highest BCUT2D eigenvalue weighted by atomic mass is 16.3. The lowest BCUT2D eigenvalue weighted by atomic mass is 10.1. The van der Waals surface area contributed by atoms with E-state index in [1.807, 2.05) is 20.8 Å². The van der Waals surface area contributed by atoms with E-state index in [0.29, 0.717) is 5.92 Å². The van der Waals surface area contributed by atoms with E-state index in [-0.39, 0.29) is 24.6 Å². The van der Waals surface area contributed by atoms with Crippen LogP contribution in [0.25, 0.3) is 0 Å². The molecule has 4 nitrogen and oxygen atoms in total. The normalized spacial score (nSPS) is 23.7. The molecular formula is C12H24N2O2. The monoisotopic (exact) mass is 228 g/mol. The zero-order valence-electron chi connectivity index (χ0n) is 10.6. The van der Waals surface area contributed by atoms with Crippen LogP contribution < -0.4 is 5.32 Å². The summed E-state index contributed by atoms with van der Waals surface area (Å²) in [7, 11) is 0. The summed E-state index contributed by atoms with van der Waals surface area (Å²) >= 11 is 0. The quantitative estimate of drug-likeness (QED) is 0.724. The van der Waals surface area contributed by atoms with Crippen molar-refractivity contribution in [1.82, 2.24) is 10.2 Å². The smallest absolute Gasteiger partial charge is 0.237 e. The standard InChI is InChI=1S/C12H24N2O2/c1-9(2)13-12(16)10(3)14-6-4-11(8-14)5-7-15/h9-11,15H,4-8H2,1-3H3,(H,13,16). The molecule has 1 fully saturated rings. The second-order valence-electron chi connectivity index (χ2n) is 5.00. The summed E-state index contributed by atoms with van der Waals surface area (Å²) in [5.41, 5.74) is 0. The van der Waals surface area contributed by atoms with Crippen molar-refractivity contribution in [3.63, 3.8) is 0 Å². The Hall–Kier alpha value is -0.610. The third-order valence-electron chi connectivity index (χ3n) is 3.21. The van der Waals surface area contributed by atoms with Crippen LogP contribution in [-0.4, -0.2) is 47.7 Å². The second kappa shape index (κ2) is 6.21. The van der Waals surface area contributed by atoms with Crippen molar-refractivity contribution >= 4 is 5.91 Å². The first-order valence-electron chi connectivity index (χ1n) is 6.20. The Morgan fingerprint density at radius 3 is 2.75 bits per heavy atom. The van der Waals surface area contributed by atoms with Gasteiger partial charge in [0.25, 0.3) is 0 Å². The molecule has 2 unspecified atom stereocenters. The molecule has 2 N–H and O–H groups in total. The number of amides is 1. The Balaban J connectivity index is 2.38. The van der Waals surface area contributed by atoms with Crippen molar-refractivity contribution in [2.75, 3.05) is 19.7 Å². The summed E-state index contributed by atoms with van der Waals surface area (Å²) in [5.74, 6) is 0.666. The fraction of sp³-hybridized carbons (Fsp3) is 0.917. The van der Waals surface area contributed by atoms with E-state index >= 15 is 0 Å². The number of hydrogen-bond acceptors (Lipinski definition) is 3. The van der Waals surface area contributed by atoms with Gasteiger partial charge in [0, 0.05) is 19.2 Å². The average molecular weight is 228 g/mol. The number of hydrogen-bond donors (Lipinski definition) is 2. The van der Waals surface area contributed by atoms with Crippen molar-refractivity contribution in [2.45, 2.75) is 45.7 Å². The predicted molar refractivity (Wildman–Crippen MR) is 64.1 cm³/mol. The lowest BCUT2D eigenvalue weighted by molar-refractivity contribution is -0.126. The largest absolute Gasteiger partial charge is 0.396 e. The highest BCUT2D eigenvalue weighted by Gasteiger charge is 2.29. The van der Waals surface area contributed by atoms with Crippen LogP contribution in [0.3, 0.4) is 0 Å². The lowest BCUT2D eigenvalue weighted by Crippen LogP contribution is -2.46. The van der Waals surface area contributed by atoms with Gasteiger partial charge in [0.15, 0.2) is 0 Å². The number of aliphatic hydroxyl groups excluding tert-OH is 1. The molecule has 0 aromatic heterocycles. The fourth-order valence-electron chi connectivity index (χ4n) is 2.20. The molecule has 2 atom stereocenters. The summed E-state index contributed by atoms with van der Waals surface area (Å²) in [6.45, 7) is 8.07. The van der Waals surface area contributed by atoms with Crippen LogP contribution in [-0.2, 0) is 4.79 Å². The molecule has 0 radical (unpaired) electrons. The number of aliphatic hydroxyl groups is 1. The molecule has 1 saturated heterocycles. The van der Waals surface area contributed by atoms with Gasteiger partial charge in [0.05, 0.1) is 6.04 Å². The Labute approximate surface area is 98.0 Å². The number of likely N-dealkylation sites (tertiary alicyclic amines) is 1.